The maximum Gasteiger partial charge on any atom is 0.187 e. The molecule has 55 heavy (non-hydrogen) atoms. The maximum atomic E-state index is 12.6. The quantitative estimate of drug-likeness (QED) is 0.127. The molecule has 0 spiro atoms. The van der Waals surface area contributed by atoms with Crippen LogP contribution in [0.3, 0.4) is 0 Å². The summed E-state index contributed by atoms with van der Waals surface area (Å²) in [4.78, 5) is 12.6. The van der Waals surface area contributed by atoms with Crippen LogP contribution in [0.5, 0.6) is 0 Å². The van der Waals surface area contributed by atoms with Crippen molar-refractivity contribution in [3.63, 3.8) is 0 Å². The zero-order valence-electron chi connectivity index (χ0n) is 32.1. The molecule has 7 aliphatic rings. The first kappa shape index (κ1) is 42.0. The van der Waals surface area contributed by atoms with Crippen molar-refractivity contribution in [3.8, 4) is 0 Å². The molecule has 0 bridgehead atoms. The average molecular weight is 787 g/mol. The molecule has 22 atom stereocenters. The summed E-state index contributed by atoms with van der Waals surface area (Å²) in [5.74, 6) is 2.00. The van der Waals surface area contributed by atoms with Gasteiger partial charge in [-0.15, -0.1) is 0 Å². The highest BCUT2D eigenvalue weighted by molar-refractivity contribution is 5.95. The molecule has 4 aliphatic carbocycles. The van der Waals surface area contributed by atoms with Crippen molar-refractivity contribution < 1.29 is 79.2 Å². The second kappa shape index (κ2) is 16.1. The van der Waals surface area contributed by atoms with Crippen LogP contribution >= 0.6 is 0 Å². The molecule has 16 heteroatoms. The summed E-state index contributed by atoms with van der Waals surface area (Å²) >= 11 is 0. The van der Waals surface area contributed by atoms with E-state index < -0.39 is 105 Å². The van der Waals surface area contributed by atoms with Crippen LogP contribution in [0.4, 0.5) is 0 Å². The van der Waals surface area contributed by atoms with E-state index >= 15 is 0 Å². The lowest BCUT2D eigenvalue weighted by molar-refractivity contribution is -0.391. The van der Waals surface area contributed by atoms with Crippen LogP contribution in [0.15, 0.2) is 11.6 Å². The zero-order chi connectivity index (χ0) is 39.7. The predicted molar refractivity (Wildman–Crippen MR) is 188 cm³/mol. The molecule has 0 unspecified atom stereocenters. The molecular weight excluding hydrogens is 724 g/mol. The molecule has 314 valence electrons. The smallest absolute Gasteiger partial charge is 0.187 e. The van der Waals surface area contributed by atoms with E-state index in [1.165, 1.54) is 6.92 Å². The zero-order valence-corrected chi connectivity index (χ0v) is 32.1. The van der Waals surface area contributed by atoms with E-state index in [1.54, 1.807) is 6.92 Å². The van der Waals surface area contributed by atoms with Crippen LogP contribution in [0.25, 0.3) is 0 Å². The van der Waals surface area contributed by atoms with E-state index in [0.29, 0.717) is 36.5 Å². The molecule has 9 N–H and O–H groups in total. The number of hydrogen-bond donors (Lipinski definition) is 9. The summed E-state index contributed by atoms with van der Waals surface area (Å²) in [6, 6.07) is 0. The summed E-state index contributed by atoms with van der Waals surface area (Å²) in [5, 5.41) is 95.1. The second-order valence-corrected chi connectivity index (χ2v) is 17.9. The Kier molecular flexibility index (Phi) is 12.3. The fourth-order valence-corrected chi connectivity index (χ4v) is 11.7. The van der Waals surface area contributed by atoms with Crippen molar-refractivity contribution >= 4 is 5.78 Å². The van der Waals surface area contributed by atoms with Gasteiger partial charge in [0.1, 0.15) is 67.1 Å². The number of rotatable bonds is 9. The summed E-state index contributed by atoms with van der Waals surface area (Å²) in [5.41, 5.74) is 0.986. The molecule has 0 radical (unpaired) electrons. The van der Waals surface area contributed by atoms with E-state index in [9.17, 15) is 50.8 Å². The van der Waals surface area contributed by atoms with Gasteiger partial charge in [-0.3, -0.25) is 4.79 Å². The number of aliphatic hydroxyl groups is 9. The van der Waals surface area contributed by atoms with E-state index in [1.807, 2.05) is 0 Å². The van der Waals surface area contributed by atoms with Crippen molar-refractivity contribution in [2.75, 3.05) is 13.2 Å². The Hall–Kier alpha value is -1.19. The van der Waals surface area contributed by atoms with Gasteiger partial charge in [-0.1, -0.05) is 19.9 Å². The molecule has 0 aromatic carbocycles. The standard InChI is InChI=1S/C39H62O16/c1-16(42)21-7-8-22-20-6-5-18-13-19(9-11-38(18,3)23(20)10-12-39(21,22)4)51-37-34(55-36-31(48)29(46)27(44)24(14-40)52-36)32(49)33(25(15-41)53-37)54-35-30(47)28(45)26(43)17(2)50-35/h7,17-20,22-37,40-41,43-49H,5-6,8-15H2,1-4H3/t17-,18-,19-,20+,22+,23+,24+,25-,26-,27+,28+,29-,30+,31+,32-,33-,34+,35-,36+,37+,38-,39+/m0/s1. The lowest BCUT2D eigenvalue weighted by Crippen LogP contribution is -2.67. The third-order valence-corrected chi connectivity index (χ3v) is 14.9. The predicted octanol–water partition coefficient (Wildman–Crippen LogP) is -0.984. The van der Waals surface area contributed by atoms with Crippen molar-refractivity contribution in [3.05, 3.63) is 11.6 Å². The number of carbonyl (C=O) groups excluding carboxylic acids is 1. The second-order valence-electron chi connectivity index (χ2n) is 17.9. The fourth-order valence-electron chi connectivity index (χ4n) is 11.7. The Labute approximate surface area is 321 Å². The van der Waals surface area contributed by atoms with Crippen molar-refractivity contribution in [2.45, 2.75) is 177 Å². The summed E-state index contributed by atoms with van der Waals surface area (Å²) in [7, 11) is 0. The lowest BCUT2D eigenvalue weighted by atomic mass is 9.44. The Bertz CT molecular complexity index is 1400. The van der Waals surface area contributed by atoms with Crippen LogP contribution in [0, 0.1) is 34.5 Å². The van der Waals surface area contributed by atoms with Gasteiger partial charge in [-0.2, -0.15) is 0 Å². The number of aliphatic hydroxyl groups excluding tert-OH is 9. The summed E-state index contributed by atoms with van der Waals surface area (Å²) in [6.45, 7) is 6.44. The normalized spacial score (nSPS) is 54.2. The van der Waals surface area contributed by atoms with Gasteiger partial charge in [-0.05, 0) is 105 Å². The van der Waals surface area contributed by atoms with Crippen molar-refractivity contribution in [2.24, 2.45) is 34.5 Å². The molecule has 16 nitrogen and oxygen atoms in total. The molecular formula is C39H62O16. The molecule has 3 aliphatic heterocycles. The topological polar surface area (TPSA) is 255 Å². The molecule has 3 saturated heterocycles. The van der Waals surface area contributed by atoms with E-state index in [-0.39, 0.29) is 22.7 Å². The van der Waals surface area contributed by atoms with Crippen LogP contribution in [0.2, 0.25) is 0 Å². The first-order valence-corrected chi connectivity index (χ1v) is 20.2. The monoisotopic (exact) mass is 786 g/mol. The van der Waals surface area contributed by atoms with Crippen molar-refractivity contribution in [1.29, 1.82) is 0 Å². The lowest BCUT2D eigenvalue weighted by Gasteiger charge is -2.61. The van der Waals surface area contributed by atoms with Crippen molar-refractivity contribution in [1.82, 2.24) is 0 Å². The Morgan fingerprint density at radius 1 is 0.709 bits per heavy atom. The summed E-state index contributed by atoms with van der Waals surface area (Å²) in [6.07, 6.45) is -13.7. The third kappa shape index (κ3) is 7.28. The number of ketones is 1. The molecule has 6 fully saturated rings. The first-order chi connectivity index (χ1) is 26.0. The number of allylic oxidation sites excluding steroid dienone is 2. The minimum atomic E-state index is -1.81. The van der Waals surface area contributed by atoms with Gasteiger partial charge in [0, 0.05) is 0 Å². The number of hydrogen-bond acceptors (Lipinski definition) is 16. The Morgan fingerprint density at radius 3 is 2.02 bits per heavy atom. The number of ether oxygens (including phenoxy) is 6. The molecule has 0 aromatic rings. The largest absolute Gasteiger partial charge is 0.394 e. The van der Waals surface area contributed by atoms with Gasteiger partial charge < -0.3 is 74.4 Å². The first-order valence-electron chi connectivity index (χ1n) is 20.2. The molecule has 7 rings (SSSR count). The highest BCUT2D eigenvalue weighted by Gasteiger charge is 2.60. The molecule has 0 amide bonds. The minimum absolute atomic E-state index is 0.0604. The highest BCUT2D eigenvalue weighted by Crippen LogP contribution is 2.66. The highest BCUT2D eigenvalue weighted by atomic mass is 16.8. The van der Waals surface area contributed by atoms with Gasteiger partial charge in [0.25, 0.3) is 0 Å². The molecule has 3 saturated carbocycles. The summed E-state index contributed by atoms with van der Waals surface area (Å²) < 4.78 is 36.1. The third-order valence-electron chi connectivity index (χ3n) is 14.9. The van der Waals surface area contributed by atoms with Gasteiger partial charge in [0.15, 0.2) is 24.7 Å². The van der Waals surface area contributed by atoms with Gasteiger partial charge in [0.2, 0.25) is 0 Å². The van der Waals surface area contributed by atoms with Gasteiger partial charge in [0.05, 0.1) is 25.4 Å². The maximum absolute atomic E-state index is 12.6. The van der Waals surface area contributed by atoms with E-state index in [4.69, 9.17) is 28.4 Å². The van der Waals surface area contributed by atoms with Crippen LogP contribution < -0.4 is 0 Å². The number of fused-ring (bicyclic) bond motifs is 5. The Balaban J connectivity index is 1.09. The minimum Gasteiger partial charge on any atom is -0.394 e. The van der Waals surface area contributed by atoms with Gasteiger partial charge in [-0.25, -0.2) is 0 Å². The number of Topliss-reactive ketones (excluding diaryl/α,β-unsaturated/α-hetero) is 1. The fraction of sp³-hybridized carbons (Fsp3) is 0.923. The molecule has 0 aromatic heterocycles. The Morgan fingerprint density at radius 2 is 1.35 bits per heavy atom. The van der Waals surface area contributed by atoms with E-state index in [0.717, 1.165) is 44.1 Å². The van der Waals surface area contributed by atoms with Crippen LogP contribution in [-0.2, 0) is 33.2 Å². The molecule has 3 heterocycles. The van der Waals surface area contributed by atoms with E-state index in [2.05, 4.69) is 19.9 Å². The number of carbonyl (C=O) groups is 1. The van der Waals surface area contributed by atoms with Crippen LogP contribution in [-0.4, -0.2) is 163 Å². The SMILES string of the molecule is CC(=O)C1=CC[C@@H]2[C@H]3CC[C@H]4C[C@@H](O[C@@H]5O[C@@H](CO)[C@H](O[C@@H]6O[C@@H](C)[C@H](O)[C@@H](O)[C@H]6O)[C@H](O)[C@H]5O[C@H]5O[C@H](CO)[C@@H](O)[C@H](O)[C@H]5O)CC[C@]4(C)[C@@H]3CC[C@]12C. The van der Waals surface area contributed by atoms with Gasteiger partial charge >= 0.3 is 0 Å². The van der Waals surface area contributed by atoms with Crippen LogP contribution in [0.1, 0.15) is 79.1 Å². The average Bonchev–Trinajstić information content (AvgIpc) is 3.52.